The number of carbonyl (C=O) groups is 3. The van der Waals surface area contributed by atoms with Gasteiger partial charge in [-0.15, -0.1) is 0 Å². The molecule has 0 radical (unpaired) electrons. The van der Waals surface area contributed by atoms with Crippen LogP contribution in [0.3, 0.4) is 0 Å². The third-order valence-electron chi connectivity index (χ3n) is 9.54. The lowest BCUT2D eigenvalue weighted by atomic mass is 10.0. The van der Waals surface area contributed by atoms with Crippen molar-refractivity contribution < 1.29 is 28.6 Å². The molecule has 49 heavy (non-hydrogen) atoms. The average Bonchev–Trinajstić information content (AvgIpc) is 3.08. The Bertz CT molecular complexity index is 736. The van der Waals surface area contributed by atoms with E-state index in [9.17, 15) is 14.4 Å². The molecule has 0 saturated heterocycles. The van der Waals surface area contributed by atoms with E-state index in [0.29, 0.717) is 19.3 Å². The van der Waals surface area contributed by atoms with E-state index < -0.39 is 6.10 Å². The molecule has 0 rings (SSSR count). The van der Waals surface area contributed by atoms with Crippen molar-refractivity contribution in [2.45, 2.75) is 239 Å². The third kappa shape index (κ3) is 37.5. The molecular formula is C43H82O6. The maximum absolute atomic E-state index is 12.6. The number of carbonyl (C=O) groups excluding carboxylic acids is 3. The van der Waals surface area contributed by atoms with Gasteiger partial charge in [0.2, 0.25) is 0 Å². The van der Waals surface area contributed by atoms with Gasteiger partial charge in [0.05, 0.1) is 0 Å². The summed E-state index contributed by atoms with van der Waals surface area (Å²) in [7, 11) is 0. The topological polar surface area (TPSA) is 78.9 Å². The lowest BCUT2D eigenvalue weighted by molar-refractivity contribution is -0.167. The zero-order valence-corrected chi connectivity index (χ0v) is 33.1. The molecule has 0 saturated carbocycles. The largest absolute Gasteiger partial charge is 0.462 e. The van der Waals surface area contributed by atoms with Gasteiger partial charge in [-0.2, -0.15) is 0 Å². The summed E-state index contributed by atoms with van der Waals surface area (Å²) in [6, 6.07) is 0. The summed E-state index contributed by atoms with van der Waals surface area (Å²) in [5, 5.41) is 0. The van der Waals surface area contributed by atoms with Crippen molar-refractivity contribution in [2.24, 2.45) is 5.92 Å². The zero-order chi connectivity index (χ0) is 36.0. The van der Waals surface area contributed by atoms with Crippen molar-refractivity contribution in [3.8, 4) is 0 Å². The Morgan fingerprint density at radius 3 is 1.00 bits per heavy atom. The molecule has 0 aliphatic carbocycles. The number of rotatable bonds is 38. The minimum atomic E-state index is -0.757. The summed E-state index contributed by atoms with van der Waals surface area (Å²) >= 11 is 0. The first kappa shape index (κ1) is 47.4. The van der Waals surface area contributed by atoms with E-state index in [1.54, 1.807) is 0 Å². The Morgan fingerprint density at radius 2 is 0.673 bits per heavy atom. The van der Waals surface area contributed by atoms with Crippen LogP contribution >= 0.6 is 0 Å². The smallest absolute Gasteiger partial charge is 0.306 e. The molecule has 0 N–H and O–H groups in total. The molecule has 0 aromatic heterocycles. The highest BCUT2D eigenvalue weighted by Crippen LogP contribution is 2.16. The summed E-state index contributed by atoms with van der Waals surface area (Å²) in [5.74, 6) is -0.0346. The van der Waals surface area contributed by atoms with E-state index >= 15 is 0 Å². The fourth-order valence-corrected chi connectivity index (χ4v) is 6.27. The molecule has 0 amide bonds. The molecule has 0 unspecified atom stereocenters. The van der Waals surface area contributed by atoms with Gasteiger partial charge in [-0.3, -0.25) is 14.4 Å². The van der Waals surface area contributed by atoms with Gasteiger partial charge < -0.3 is 14.2 Å². The highest BCUT2D eigenvalue weighted by molar-refractivity contribution is 5.71. The lowest BCUT2D eigenvalue weighted by Gasteiger charge is -2.18. The van der Waals surface area contributed by atoms with Gasteiger partial charge >= 0.3 is 17.9 Å². The van der Waals surface area contributed by atoms with Crippen LogP contribution in [0.1, 0.15) is 233 Å². The van der Waals surface area contributed by atoms with Crippen LogP contribution in [0.2, 0.25) is 0 Å². The highest BCUT2D eigenvalue weighted by atomic mass is 16.6. The van der Waals surface area contributed by atoms with E-state index in [1.807, 2.05) is 0 Å². The molecule has 6 nitrogen and oxygen atoms in total. The number of unbranched alkanes of at least 4 members (excludes halogenated alkanes) is 25. The first-order valence-corrected chi connectivity index (χ1v) is 21.4. The van der Waals surface area contributed by atoms with Crippen LogP contribution in [0.4, 0.5) is 0 Å². The van der Waals surface area contributed by atoms with Crippen LogP contribution in [-0.2, 0) is 28.6 Å². The summed E-state index contributed by atoms with van der Waals surface area (Å²) in [6.07, 6.45) is 35.3. The second kappa shape index (κ2) is 37.7. The van der Waals surface area contributed by atoms with Gasteiger partial charge in [-0.05, 0) is 25.2 Å². The Labute approximate surface area is 304 Å². The Hall–Kier alpha value is -1.59. The molecular weight excluding hydrogens is 612 g/mol. The fraction of sp³-hybridized carbons (Fsp3) is 0.930. The molecule has 0 aliphatic rings. The van der Waals surface area contributed by atoms with E-state index in [-0.39, 0.29) is 31.1 Å². The molecule has 0 spiro atoms. The van der Waals surface area contributed by atoms with Crippen molar-refractivity contribution >= 4 is 17.9 Å². The van der Waals surface area contributed by atoms with Crippen LogP contribution in [0.15, 0.2) is 0 Å². The van der Waals surface area contributed by atoms with Crippen LogP contribution in [-0.4, -0.2) is 37.2 Å². The molecule has 0 aliphatic heterocycles. The van der Waals surface area contributed by atoms with Gasteiger partial charge in [0.15, 0.2) is 6.10 Å². The van der Waals surface area contributed by atoms with Crippen LogP contribution in [0.25, 0.3) is 0 Å². The minimum Gasteiger partial charge on any atom is -0.462 e. The van der Waals surface area contributed by atoms with Crippen molar-refractivity contribution in [1.82, 2.24) is 0 Å². The van der Waals surface area contributed by atoms with Crippen LogP contribution in [0.5, 0.6) is 0 Å². The van der Waals surface area contributed by atoms with Crippen molar-refractivity contribution in [3.05, 3.63) is 0 Å². The molecule has 290 valence electrons. The molecule has 6 heteroatoms. The number of ether oxygens (including phenoxy) is 3. The first-order valence-electron chi connectivity index (χ1n) is 21.4. The van der Waals surface area contributed by atoms with E-state index in [0.717, 1.165) is 63.7 Å². The van der Waals surface area contributed by atoms with Crippen LogP contribution < -0.4 is 0 Å². The van der Waals surface area contributed by atoms with Crippen molar-refractivity contribution in [1.29, 1.82) is 0 Å². The maximum atomic E-state index is 12.6. The maximum Gasteiger partial charge on any atom is 0.306 e. The predicted octanol–water partition coefficient (Wildman–Crippen LogP) is 13.2. The predicted molar refractivity (Wildman–Crippen MR) is 206 cm³/mol. The zero-order valence-electron chi connectivity index (χ0n) is 33.1. The molecule has 0 aromatic carbocycles. The second-order valence-corrected chi connectivity index (χ2v) is 15.1. The molecule has 1 atom stereocenters. The van der Waals surface area contributed by atoms with Gasteiger partial charge in [0, 0.05) is 19.3 Å². The Kier molecular flexibility index (Phi) is 36.4. The van der Waals surface area contributed by atoms with Gasteiger partial charge in [0.1, 0.15) is 13.2 Å². The Balaban J connectivity index is 4.26. The summed E-state index contributed by atoms with van der Waals surface area (Å²) < 4.78 is 16.6. The normalized spacial score (nSPS) is 11.9. The van der Waals surface area contributed by atoms with Crippen molar-refractivity contribution in [2.75, 3.05) is 13.2 Å². The molecule has 0 bridgehead atoms. The molecule has 0 heterocycles. The van der Waals surface area contributed by atoms with Gasteiger partial charge in [0.25, 0.3) is 0 Å². The first-order chi connectivity index (χ1) is 23.9. The Morgan fingerprint density at radius 1 is 0.388 bits per heavy atom. The second-order valence-electron chi connectivity index (χ2n) is 15.1. The number of hydrogen-bond acceptors (Lipinski definition) is 6. The quantitative estimate of drug-likeness (QED) is 0.0364. The van der Waals surface area contributed by atoms with Crippen molar-refractivity contribution in [3.63, 3.8) is 0 Å². The fourth-order valence-electron chi connectivity index (χ4n) is 6.27. The average molecular weight is 695 g/mol. The van der Waals surface area contributed by atoms with E-state index in [4.69, 9.17) is 14.2 Å². The highest BCUT2D eigenvalue weighted by Gasteiger charge is 2.19. The monoisotopic (exact) mass is 695 g/mol. The summed E-state index contributed by atoms with van der Waals surface area (Å²) in [6.45, 7) is 8.93. The number of hydrogen-bond donors (Lipinski definition) is 0. The van der Waals surface area contributed by atoms with E-state index in [2.05, 4.69) is 27.7 Å². The van der Waals surface area contributed by atoms with Gasteiger partial charge in [-0.1, -0.05) is 195 Å². The summed E-state index contributed by atoms with van der Waals surface area (Å²) in [5.41, 5.74) is 0. The van der Waals surface area contributed by atoms with Gasteiger partial charge in [-0.25, -0.2) is 0 Å². The SMILES string of the molecule is CCCCCCCCCCCC(=O)OC[C@H](COC(=O)CCCCCCCCC)OC(=O)CCCCCCCCCCCCCCC(C)C. The molecule has 0 fully saturated rings. The van der Waals surface area contributed by atoms with Crippen LogP contribution in [0, 0.1) is 5.92 Å². The van der Waals surface area contributed by atoms with E-state index in [1.165, 1.54) is 128 Å². The standard InChI is InChI=1S/C43H82O6/c1-5-7-9-11-13-18-23-27-31-35-42(45)48-38-40(37-47-41(44)34-30-26-21-12-10-8-6-2)49-43(46)36-32-28-24-20-17-15-14-16-19-22-25-29-33-39(3)4/h39-40H,5-38H2,1-4H3/t40-/m0/s1. The third-order valence-corrected chi connectivity index (χ3v) is 9.54. The summed E-state index contributed by atoms with van der Waals surface area (Å²) in [4.78, 5) is 37.4. The number of esters is 3. The minimum absolute atomic E-state index is 0.0648. The molecule has 0 aromatic rings. The lowest BCUT2D eigenvalue weighted by Crippen LogP contribution is -2.30.